The lowest BCUT2D eigenvalue weighted by Crippen LogP contribution is -2.47. The average Bonchev–Trinajstić information content (AvgIpc) is 2.76. The quantitative estimate of drug-likeness (QED) is 0.739. The van der Waals surface area contributed by atoms with Crippen molar-refractivity contribution >= 4 is 16.9 Å². The zero-order chi connectivity index (χ0) is 21.8. The first-order valence-corrected chi connectivity index (χ1v) is 11.2. The van der Waals surface area contributed by atoms with Crippen LogP contribution in [0.25, 0.3) is 10.9 Å². The highest BCUT2D eigenvalue weighted by Gasteiger charge is 2.22. The fourth-order valence-electron chi connectivity index (χ4n) is 4.20. The Morgan fingerprint density at radius 3 is 2.48 bits per heavy atom. The monoisotopic (exact) mass is 428 g/mol. The third-order valence-electron chi connectivity index (χ3n) is 5.98. The molecule has 0 radical (unpaired) electrons. The van der Waals surface area contributed by atoms with E-state index in [4.69, 9.17) is 9.47 Å². The molecule has 1 aliphatic carbocycles. The Bertz CT molecular complexity index is 981. The maximum atomic E-state index is 13.0. The molecule has 0 bridgehead atoms. The Balaban J connectivity index is 1.56. The van der Waals surface area contributed by atoms with Gasteiger partial charge in [-0.05, 0) is 39.1 Å². The Kier molecular flexibility index (Phi) is 6.65. The third-order valence-corrected chi connectivity index (χ3v) is 5.98. The topological polar surface area (TPSA) is 86.9 Å². The number of pyridine rings is 1. The predicted octanol–water partition coefficient (Wildman–Crippen LogP) is 2.71. The zero-order valence-corrected chi connectivity index (χ0v) is 18.4. The van der Waals surface area contributed by atoms with Crippen LogP contribution < -0.4 is 20.3 Å². The van der Waals surface area contributed by atoms with E-state index >= 15 is 0 Å². The van der Waals surface area contributed by atoms with Crippen LogP contribution >= 0.6 is 0 Å². The van der Waals surface area contributed by atoms with Gasteiger partial charge in [-0.3, -0.25) is 4.79 Å². The van der Waals surface area contributed by atoms with Gasteiger partial charge < -0.3 is 29.6 Å². The van der Waals surface area contributed by atoms with Crippen LogP contribution in [0.4, 0.5) is 4.79 Å². The number of aromatic amines is 1. The number of carbonyl (C=O) groups is 1. The van der Waals surface area contributed by atoms with Crippen LogP contribution in [0, 0.1) is 0 Å². The number of hydrogen-bond acceptors (Lipinski definition) is 5. The Hall–Kier alpha value is -2.74. The van der Waals surface area contributed by atoms with E-state index < -0.39 is 0 Å². The summed E-state index contributed by atoms with van der Waals surface area (Å²) in [5.41, 5.74) is 1.07. The number of amides is 2. The summed E-state index contributed by atoms with van der Waals surface area (Å²) in [6.45, 7) is 2.53. The van der Waals surface area contributed by atoms with Gasteiger partial charge in [-0.2, -0.15) is 0 Å². The molecule has 1 aromatic carbocycles. The molecule has 4 rings (SSSR count). The lowest BCUT2D eigenvalue weighted by molar-refractivity contribution is 0.172. The Labute approximate surface area is 182 Å². The van der Waals surface area contributed by atoms with Gasteiger partial charge in [-0.25, -0.2) is 4.79 Å². The number of nitrogens with one attached hydrogen (secondary N) is 2. The maximum Gasteiger partial charge on any atom is 0.317 e. The van der Waals surface area contributed by atoms with Crippen molar-refractivity contribution in [1.82, 2.24) is 20.1 Å². The molecule has 1 aromatic heterocycles. The van der Waals surface area contributed by atoms with E-state index in [9.17, 15) is 9.59 Å². The number of fused-ring (bicyclic) bond motifs is 2. The lowest BCUT2D eigenvalue weighted by atomic mass is 9.96. The lowest BCUT2D eigenvalue weighted by Gasteiger charge is -2.29. The van der Waals surface area contributed by atoms with Crippen LogP contribution in [0.15, 0.2) is 23.0 Å². The van der Waals surface area contributed by atoms with E-state index in [-0.39, 0.29) is 24.2 Å². The smallest absolute Gasteiger partial charge is 0.317 e. The van der Waals surface area contributed by atoms with Gasteiger partial charge in [0.1, 0.15) is 13.2 Å². The van der Waals surface area contributed by atoms with E-state index in [1.54, 1.807) is 11.0 Å². The number of carbonyl (C=O) groups excluding carboxylic acids is 1. The van der Waals surface area contributed by atoms with Gasteiger partial charge in [0.25, 0.3) is 5.56 Å². The molecule has 1 saturated carbocycles. The normalized spacial score (nSPS) is 16.5. The maximum absolute atomic E-state index is 13.0. The molecule has 2 aliphatic rings. The molecular weight excluding hydrogens is 396 g/mol. The van der Waals surface area contributed by atoms with Crippen LogP contribution in [-0.2, 0) is 6.54 Å². The summed E-state index contributed by atoms with van der Waals surface area (Å²) in [5, 5.41) is 4.04. The van der Waals surface area contributed by atoms with Crippen molar-refractivity contribution in [2.45, 2.75) is 44.7 Å². The van der Waals surface area contributed by atoms with Crippen LogP contribution in [0.1, 0.15) is 37.7 Å². The number of aromatic nitrogens is 1. The van der Waals surface area contributed by atoms with Gasteiger partial charge in [0.05, 0.1) is 12.1 Å². The average molecular weight is 429 g/mol. The van der Waals surface area contributed by atoms with Crippen molar-refractivity contribution < 1.29 is 14.3 Å². The van der Waals surface area contributed by atoms with Gasteiger partial charge in [0.2, 0.25) is 0 Å². The molecule has 31 heavy (non-hydrogen) atoms. The zero-order valence-electron chi connectivity index (χ0n) is 18.4. The van der Waals surface area contributed by atoms with Crippen LogP contribution in [0.3, 0.4) is 0 Å². The molecule has 1 fully saturated rings. The summed E-state index contributed by atoms with van der Waals surface area (Å²) in [5.74, 6) is 1.32. The van der Waals surface area contributed by atoms with Crippen LogP contribution in [0.2, 0.25) is 0 Å². The molecule has 2 amide bonds. The summed E-state index contributed by atoms with van der Waals surface area (Å²) >= 11 is 0. The van der Waals surface area contributed by atoms with Crippen LogP contribution in [0.5, 0.6) is 11.5 Å². The SMILES string of the molecule is CN(C)CCN(Cc1cc2cc3c(cc2[nH]c1=O)OCCO3)C(=O)NC1CCCCC1. The fourth-order valence-corrected chi connectivity index (χ4v) is 4.20. The van der Waals surface area contributed by atoms with E-state index in [2.05, 4.69) is 10.3 Å². The molecule has 8 heteroatoms. The number of nitrogens with zero attached hydrogens (tertiary/aromatic N) is 2. The second kappa shape index (κ2) is 9.60. The Morgan fingerprint density at radius 2 is 1.77 bits per heavy atom. The number of H-pyrrole nitrogens is 1. The molecule has 0 spiro atoms. The number of hydrogen-bond donors (Lipinski definition) is 2. The molecule has 1 aliphatic heterocycles. The molecule has 2 aromatic rings. The second-order valence-corrected chi connectivity index (χ2v) is 8.72. The molecule has 0 atom stereocenters. The van der Waals surface area contributed by atoms with E-state index in [1.807, 2.05) is 31.1 Å². The largest absolute Gasteiger partial charge is 0.486 e. The summed E-state index contributed by atoms with van der Waals surface area (Å²) in [6, 6.07) is 5.66. The standard InChI is InChI=1S/C23H32N4O4/c1-26(2)8-9-27(23(29)24-18-6-4-3-5-7-18)15-17-12-16-13-20-21(31-11-10-30-20)14-19(16)25-22(17)28/h12-14,18H,3-11,15H2,1-2H3,(H,24,29)(H,25,28). The minimum atomic E-state index is -0.190. The highest BCUT2D eigenvalue weighted by Crippen LogP contribution is 2.33. The fraction of sp³-hybridized carbons (Fsp3) is 0.565. The number of urea groups is 1. The van der Waals surface area contributed by atoms with Gasteiger partial charge in [0, 0.05) is 36.1 Å². The molecule has 0 saturated heterocycles. The summed E-state index contributed by atoms with van der Waals surface area (Å²) < 4.78 is 11.3. The molecule has 2 heterocycles. The van der Waals surface area contributed by atoms with Gasteiger partial charge in [-0.1, -0.05) is 19.3 Å². The first-order chi connectivity index (χ1) is 15.0. The number of rotatable bonds is 6. The highest BCUT2D eigenvalue weighted by atomic mass is 16.6. The number of ether oxygens (including phenoxy) is 2. The third kappa shape index (κ3) is 5.31. The van der Waals surface area contributed by atoms with Crippen molar-refractivity contribution in [3.63, 3.8) is 0 Å². The first-order valence-electron chi connectivity index (χ1n) is 11.2. The van der Waals surface area contributed by atoms with E-state index in [0.29, 0.717) is 42.3 Å². The first kappa shape index (κ1) is 21.5. The predicted molar refractivity (Wildman–Crippen MR) is 120 cm³/mol. The summed E-state index contributed by atoms with van der Waals surface area (Å²) in [7, 11) is 3.95. The van der Waals surface area contributed by atoms with Crippen molar-refractivity contribution in [2.24, 2.45) is 0 Å². The van der Waals surface area contributed by atoms with Gasteiger partial charge >= 0.3 is 6.03 Å². The molecular formula is C23H32N4O4. The summed E-state index contributed by atoms with van der Waals surface area (Å²) in [6.07, 6.45) is 5.60. The number of likely N-dealkylation sites (N-methyl/N-ethyl adjacent to an activating group) is 1. The minimum absolute atomic E-state index is 0.101. The summed E-state index contributed by atoms with van der Waals surface area (Å²) in [4.78, 5) is 32.5. The molecule has 8 nitrogen and oxygen atoms in total. The molecule has 2 N–H and O–H groups in total. The van der Waals surface area contributed by atoms with Gasteiger partial charge in [0.15, 0.2) is 11.5 Å². The van der Waals surface area contributed by atoms with Crippen molar-refractivity contribution in [3.05, 3.63) is 34.1 Å². The minimum Gasteiger partial charge on any atom is -0.486 e. The number of benzene rings is 1. The second-order valence-electron chi connectivity index (χ2n) is 8.72. The molecule has 0 unspecified atom stereocenters. The molecule has 168 valence electrons. The van der Waals surface area contributed by atoms with Crippen LogP contribution in [-0.4, -0.2) is 67.3 Å². The van der Waals surface area contributed by atoms with Crippen molar-refractivity contribution in [3.8, 4) is 11.5 Å². The van der Waals surface area contributed by atoms with Crippen molar-refractivity contribution in [2.75, 3.05) is 40.4 Å². The Morgan fingerprint density at radius 1 is 1.06 bits per heavy atom. The van der Waals surface area contributed by atoms with E-state index in [0.717, 1.165) is 37.6 Å². The van der Waals surface area contributed by atoms with Gasteiger partial charge in [-0.15, -0.1) is 0 Å². The highest BCUT2D eigenvalue weighted by molar-refractivity contribution is 5.83. The van der Waals surface area contributed by atoms with E-state index in [1.165, 1.54) is 6.42 Å². The van der Waals surface area contributed by atoms with Crippen molar-refractivity contribution in [1.29, 1.82) is 0 Å².